The average molecular weight is 401 g/mol. The fourth-order valence-corrected chi connectivity index (χ4v) is 3.23. The molecular weight excluding hydrogens is 375 g/mol. The van der Waals surface area contributed by atoms with Gasteiger partial charge >= 0.3 is 6.09 Å². The van der Waals surface area contributed by atoms with Gasteiger partial charge in [-0.15, -0.1) is 0 Å². The number of rotatable bonds is 3. The molecule has 0 N–H and O–H groups in total. The molecule has 1 aliphatic rings. The van der Waals surface area contributed by atoms with Gasteiger partial charge in [-0.1, -0.05) is 15.9 Å². The topological polar surface area (TPSA) is 32.8 Å². The van der Waals surface area contributed by atoms with Crippen LogP contribution < -0.4 is 0 Å². The van der Waals surface area contributed by atoms with Crippen molar-refractivity contribution in [3.63, 3.8) is 0 Å². The minimum Gasteiger partial charge on any atom is -0.444 e. The molecule has 0 aromatic heterocycles. The van der Waals surface area contributed by atoms with Gasteiger partial charge in [0, 0.05) is 36.7 Å². The third-order valence-corrected chi connectivity index (χ3v) is 4.59. The van der Waals surface area contributed by atoms with Crippen LogP contribution in [0.4, 0.5) is 9.18 Å². The summed E-state index contributed by atoms with van der Waals surface area (Å²) in [7, 11) is 0. The van der Waals surface area contributed by atoms with Crippen LogP contribution in [0.1, 0.15) is 33.3 Å². The Bertz CT molecular complexity index is 589. The van der Waals surface area contributed by atoms with Gasteiger partial charge in [0.2, 0.25) is 0 Å². The number of hydrogen-bond donors (Lipinski definition) is 0. The van der Waals surface area contributed by atoms with Gasteiger partial charge in [0.15, 0.2) is 0 Å². The molecule has 24 heavy (non-hydrogen) atoms. The van der Waals surface area contributed by atoms with Gasteiger partial charge in [0.05, 0.1) is 0 Å². The fourth-order valence-electron chi connectivity index (χ4n) is 2.82. The van der Waals surface area contributed by atoms with E-state index in [1.54, 1.807) is 11.0 Å². The van der Waals surface area contributed by atoms with Crippen LogP contribution in [0.2, 0.25) is 0 Å². The zero-order valence-electron chi connectivity index (χ0n) is 14.8. The standard InChI is InChI=1S/C18H26BrFN2O2/c1-13-12-22(17(23)24-18(2,3)4)10-9-21(13)8-7-14-11-15(19)5-6-16(14)20/h5-6,11,13H,7-10,12H2,1-4H3. The van der Waals surface area contributed by atoms with E-state index < -0.39 is 5.60 Å². The lowest BCUT2D eigenvalue weighted by Gasteiger charge is -2.40. The van der Waals surface area contributed by atoms with Crippen molar-refractivity contribution >= 4 is 22.0 Å². The first-order valence-electron chi connectivity index (χ1n) is 8.31. The van der Waals surface area contributed by atoms with Gasteiger partial charge in [-0.3, -0.25) is 4.90 Å². The molecule has 0 saturated carbocycles. The second-order valence-corrected chi connectivity index (χ2v) is 8.21. The van der Waals surface area contributed by atoms with Crippen LogP contribution in [0.25, 0.3) is 0 Å². The van der Waals surface area contributed by atoms with E-state index in [-0.39, 0.29) is 18.0 Å². The average Bonchev–Trinajstić information content (AvgIpc) is 2.47. The highest BCUT2D eigenvalue weighted by molar-refractivity contribution is 9.10. The van der Waals surface area contributed by atoms with E-state index in [1.165, 1.54) is 6.07 Å². The van der Waals surface area contributed by atoms with E-state index in [9.17, 15) is 9.18 Å². The number of hydrogen-bond acceptors (Lipinski definition) is 3. The van der Waals surface area contributed by atoms with Gasteiger partial charge in [0.25, 0.3) is 0 Å². The van der Waals surface area contributed by atoms with Gasteiger partial charge in [-0.25, -0.2) is 9.18 Å². The van der Waals surface area contributed by atoms with Gasteiger partial charge in [0.1, 0.15) is 11.4 Å². The summed E-state index contributed by atoms with van der Waals surface area (Å²) in [5.41, 5.74) is 0.238. The second-order valence-electron chi connectivity index (χ2n) is 7.30. The van der Waals surface area contributed by atoms with Crippen molar-refractivity contribution in [1.82, 2.24) is 9.80 Å². The molecule has 1 heterocycles. The summed E-state index contributed by atoms with van der Waals surface area (Å²) in [5, 5.41) is 0. The molecule has 4 nitrogen and oxygen atoms in total. The predicted octanol–water partition coefficient (Wildman–Crippen LogP) is 4.07. The Hall–Kier alpha value is -1.14. The van der Waals surface area contributed by atoms with Crippen molar-refractivity contribution in [2.24, 2.45) is 0 Å². The van der Waals surface area contributed by atoms with Crippen LogP contribution in [0.15, 0.2) is 22.7 Å². The van der Waals surface area contributed by atoms with Crippen molar-refractivity contribution < 1.29 is 13.9 Å². The number of nitrogens with zero attached hydrogens (tertiary/aromatic N) is 2. The lowest BCUT2D eigenvalue weighted by Crippen LogP contribution is -2.54. The maximum Gasteiger partial charge on any atom is 0.410 e. The molecular formula is C18H26BrFN2O2. The minimum atomic E-state index is -0.477. The van der Waals surface area contributed by atoms with Crippen LogP contribution in [0.3, 0.4) is 0 Å². The molecule has 1 atom stereocenters. The molecule has 1 saturated heterocycles. The number of halogens is 2. The molecule has 1 aromatic carbocycles. The van der Waals surface area contributed by atoms with Crippen molar-refractivity contribution in [3.8, 4) is 0 Å². The summed E-state index contributed by atoms with van der Waals surface area (Å²) in [6, 6.07) is 5.25. The monoisotopic (exact) mass is 400 g/mol. The highest BCUT2D eigenvalue weighted by atomic mass is 79.9. The van der Waals surface area contributed by atoms with E-state index in [2.05, 4.69) is 27.8 Å². The zero-order valence-corrected chi connectivity index (χ0v) is 16.4. The number of carbonyl (C=O) groups excluding carboxylic acids is 1. The zero-order chi connectivity index (χ0) is 17.9. The van der Waals surface area contributed by atoms with Crippen LogP contribution in [-0.4, -0.2) is 53.7 Å². The smallest absolute Gasteiger partial charge is 0.410 e. The Morgan fingerprint density at radius 1 is 1.38 bits per heavy atom. The van der Waals surface area contributed by atoms with E-state index >= 15 is 0 Å². The Labute approximate surface area is 152 Å². The molecule has 0 bridgehead atoms. The number of ether oxygens (including phenoxy) is 1. The van der Waals surface area contributed by atoms with E-state index in [1.807, 2.05) is 26.8 Å². The molecule has 1 fully saturated rings. The highest BCUT2D eigenvalue weighted by Crippen LogP contribution is 2.18. The van der Waals surface area contributed by atoms with Crippen LogP contribution in [-0.2, 0) is 11.2 Å². The predicted molar refractivity (Wildman–Crippen MR) is 96.6 cm³/mol. The highest BCUT2D eigenvalue weighted by Gasteiger charge is 2.29. The van der Waals surface area contributed by atoms with Gasteiger partial charge < -0.3 is 9.64 Å². The van der Waals surface area contributed by atoms with E-state index in [0.29, 0.717) is 25.1 Å². The lowest BCUT2D eigenvalue weighted by atomic mass is 10.1. The summed E-state index contributed by atoms with van der Waals surface area (Å²) >= 11 is 3.38. The second kappa shape index (κ2) is 7.83. The molecule has 0 spiro atoms. The maximum absolute atomic E-state index is 13.8. The summed E-state index contributed by atoms with van der Waals surface area (Å²) in [5.74, 6) is -0.168. The normalized spacial score (nSPS) is 19.4. The number of piperazine rings is 1. The van der Waals surface area contributed by atoms with E-state index in [0.717, 1.165) is 17.6 Å². The first kappa shape index (κ1) is 19.2. The van der Waals surface area contributed by atoms with Crippen LogP contribution >= 0.6 is 15.9 Å². The molecule has 1 unspecified atom stereocenters. The molecule has 6 heteroatoms. The largest absolute Gasteiger partial charge is 0.444 e. The Morgan fingerprint density at radius 3 is 2.71 bits per heavy atom. The van der Waals surface area contributed by atoms with E-state index in [4.69, 9.17) is 4.74 Å². The summed E-state index contributed by atoms with van der Waals surface area (Å²) in [6.07, 6.45) is 0.397. The molecule has 2 rings (SSSR count). The van der Waals surface area contributed by atoms with Crippen LogP contribution in [0, 0.1) is 5.82 Å². The maximum atomic E-state index is 13.8. The SMILES string of the molecule is CC1CN(C(=O)OC(C)(C)C)CCN1CCc1cc(Br)ccc1F. The third-order valence-electron chi connectivity index (χ3n) is 4.09. The molecule has 1 aliphatic heterocycles. The Morgan fingerprint density at radius 2 is 2.08 bits per heavy atom. The molecule has 0 radical (unpaired) electrons. The van der Waals surface area contributed by atoms with Crippen molar-refractivity contribution in [2.75, 3.05) is 26.2 Å². The summed E-state index contributed by atoms with van der Waals surface area (Å²) < 4.78 is 20.2. The third kappa shape index (κ3) is 5.45. The van der Waals surface area contributed by atoms with Crippen molar-refractivity contribution in [1.29, 1.82) is 0 Å². The summed E-state index contributed by atoms with van der Waals surface area (Å²) in [4.78, 5) is 16.2. The lowest BCUT2D eigenvalue weighted by molar-refractivity contribution is 0.00596. The molecule has 1 amide bonds. The first-order chi connectivity index (χ1) is 11.2. The Balaban J connectivity index is 1.87. The molecule has 1 aromatic rings. The summed E-state index contributed by atoms with van der Waals surface area (Å²) in [6.45, 7) is 10.5. The number of benzene rings is 1. The van der Waals surface area contributed by atoms with Crippen molar-refractivity contribution in [3.05, 3.63) is 34.1 Å². The van der Waals surface area contributed by atoms with Gasteiger partial charge in [-0.2, -0.15) is 0 Å². The Kier molecular flexibility index (Phi) is 6.26. The minimum absolute atomic E-state index is 0.168. The fraction of sp³-hybridized carbons (Fsp3) is 0.611. The number of carbonyl (C=O) groups is 1. The quantitative estimate of drug-likeness (QED) is 0.766. The van der Waals surface area contributed by atoms with Crippen LogP contribution in [0.5, 0.6) is 0 Å². The van der Waals surface area contributed by atoms with Crippen molar-refractivity contribution in [2.45, 2.75) is 45.8 Å². The molecule has 134 valence electrons. The van der Waals surface area contributed by atoms with Gasteiger partial charge in [-0.05, 0) is 57.9 Å². The molecule has 0 aliphatic carbocycles. The first-order valence-corrected chi connectivity index (χ1v) is 9.11. The number of amides is 1.